The van der Waals surface area contributed by atoms with Crippen LogP contribution in [0.1, 0.15) is 77.0 Å². The molecule has 3 aromatic heterocycles. The number of benzene rings is 2. The van der Waals surface area contributed by atoms with Crippen molar-refractivity contribution >= 4 is 52.2 Å². The van der Waals surface area contributed by atoms with Crippen molar-refractivity contribution in [3.63, 3.8) is 0 Å². The molecule has 19 heteroatoms. The van der Waals surface area contributed by atoms with Crippen LogP contribution in [0.3, 0.4) is 0 Å². The van der Waals surface area contributed by atoms with Crippen molar-refractivity contribution in [1.29, 1.82) is 0 Å². The summed E-state index contributed by atoms with van der Waals surface area (Å²) in [4.78, 5) is 68.2. The van der Waals surface area contributed by atoms with E-state index in [4.69, 9.17) is 15.7 Å². The van der Waals surface area contributed by atoms with Gasteiger partial charge in [0, 0.05) is 88.4 Å². The first kappa shape index (κ1) is 49.2. The number of anilines is 4. The normalized spacial score (nSPS) is 24.1. The minimum absolute atomic E-state index is 0.0338. The van der Waals surface area contributed by atoms with E-state index < -0.39 is 23.6 Å². The second kappa shape index (κ2) is 20.6. The highest BCUT2D eigenvalue weighted by Crippen LogP contribution is 2.39. The number of aliphatic hydroxyl groups excluding tert-OH is 1. The number of thiazole rings is 1. The van der Waals surface area contributed by atoms with Gasteiger partial charge in [-0.15, -0.1) is 21.5 Å². The lowest BCUT2D eigenvalue weighted by atomic mass is 9.82. The summed E-state index contributed by atoms with van der Waals surface area (Å²) in [6.45, 7) is 13.1. The number of hydrogen-bond donors (Lipinski definition) is 5. The van der Waals surface area contributed by atoms with Crippen molar-refractivity contribution < 1.29 is 24.6 Å². The van der Waals surface area contributed by atoms with E-state index in [0.717, 1.165) is 117 Å². The number of phenolic OH excluding ortho intramolecular Hbond substituents is 1. The van der Waals surface area contributed by atoms with Gasteiger partial charge >= 0.3 is 0 Å². The highest BCUT2D eigenvalue weighted by Gasteiger charge is 2.46. The number of β-amino-alcohol motifs (C(OH)–C–C–N with tert-alkyl or cyclic N) is 1. The second-order valence-electron chi connectivity index (χ2n) is 21.4. The molecule has 2 aromatic carbocycles. The maximum absolute atomic E-state index is 14.3. The fraction of sp³-hybridized carbons (Fsp3) is 0.509. The maximum atomic E-state index is 14.3. The Hall–Kier alpha value is -6.44. The highest BCUT2D eigenvalue weighted by atomic mass is 32.1. The average molecular weight is 998 g/mol. The Labute approximate surface area is 425 Å². The van der Waals surface area contributed by atoms with E-state index in [9.17, 15) is 24.6 Å². The Kier molecular flexibility index (Phi) is 14.1. The molecule has 2 bridgehead atoms. The molecule has 1 aliphatic carbocycles. The molecule has 4 saturated heterocycles. The molecule has 0 spiro atoms. The monoisotopic (exact) mass is 998 g/mol. The summed E-state index contributed by atoms with van der Waals surface area (Å²) >= 11 is 1.59. The van der Waals surface area contributed by atoms with Gasteiger partial charge in [0.15, 0.2) is 5.82 Å². The number of fused-ring (bicyclic) bond motifs is 2. The lowest BCUT2D eigenvalue weighted by Crippen LogP contribution is -2.58. The van der Waals surface area contributed by atoms with Gasteiger partial charge < -0.3 is 46.2 Å². The zero-order valence-electron chi connectivity index (χ0n) is 41.7. The van der Waals surface area contributed by atoms with E-state index >= 15 is 0 Å². The third-order valence-electron chi connectivity index (χ3n) is 15.6. The van der Waals surface area contributed by atoms with Gasteiger partial charge in [0.05, 0.1) is 51.6 Å². The molecule has 7 heterocycles. The van der Waals surface area contributed by atoms with E-state index in [2.05, 4.69) is 45.4 Å². The molecule has 380 valence electrons. The SMILES string of the molecule is Cc1ncsc1-c1ccc(CNC(=O)[C@@H]2C[C@@H](O)CN2C(=O)[C@@H](NC(=O)C2CCC(N3CCN(c4cnc(N5C6CCC5CN(c5cc(-c7ccccc7O)nnc5N)C6)nc4)CC3)CC2)C(C)(C)C)cc1. The molecule has 10 rings (SSSR count). The fourth-order valence-electron chi connectivity index (χ4n) is 11.6. The van der Waals surface area contributed by atoms with Crippen LogP contribution in [0.15, 0.2) is 72.5 Å². The zero-order chi connectivity index (χ0) is 50.3. The molecule has 6 N–H and O–H groups in total. The minimum atomic E-state index is -0.862. The third kappa shape index (κ3) is 10.3. The number of aliphatic hydroxyl groups is 1. The molecule has 4 aliphatic heterocycles. The molecule has 3 amide bonds. The van der Waals surface area contributed by atoms with Gasteiger partial charge in [-0.2, -0.15) is 0 Å². The van der Waals surface area contributed by atoms with Gasteiger partial charge in [-0.05, 0) is 80.2 Å². The van der Waals surface area contributed by atoms with Crippen LogP contribution in [-0.4, -0.2) is 145 Å². The molecular weight excluding hydrogens is 931 g/mol. The first-order chi connectivity index (χ1) is 34.7. The van der Waals surface area contributed by atoms with E-state index in [1.807, 2.05) is 88.1 Å². The Morgan fingerprint density at radius 2 is 1.51 bits per heavy atom. The van der Waals surface area contributed by atoms with Crippen LogP contribution < -0.4 is 31.1 Å². The van der Waals surface area contributed by atoms with Crippen LogP contribution in [0.4, 0.5) is 23.1 Å². The highest BCUT2D eigenvalue weighted by molar-refractivity contribution is 7.13. The summed E-state index contributed by atoms with van der Waals surface area (Å²) in [5, 5.41) is 35.8. The largest absolute Gasteiger partial charge is 0.507 e. The number of para-hydroxylation sites is 1. The van der Waals surface area contributed by atoms with Crippen LogP contribution in [0, 0.1) is 18.3 Å². The predicted molar refractivity (Wildman–Crippen MR) is 278 cm³/mol. The van der Waals surface area contributed by atoms with Gasteiger partial charge in [-0.25, -0.2) is 15.0 Å². The number of aromatic nitrogens is 5. The molecule has 5 aliphatic rings. The van der Waals surface area contributed by atoms with Crippen LogP contribution in [0.5, 0.6) is 5.75 Å². The summed E-state index contributed by atoms with van der Waals surface area (Å²) in [5.41, 5.74) is 13.6. The number of rotatable bonds is 12. The number of nitrogens with two attached hydrogens (primary N) is 1. The number of likely N-dealkylation sites (tertiary alicyclic amines) is 1. The van der Waals surface area contributed by atoms with Gasteiger partial charge in [0.2, 0.25) is 23.7 Å². The van der Waals surface area contributed by atoms with Crippen molar-refractivity contribution in [2.24, 2.45) is 11.3 Å². The lowest BCUT2D eigenvalue weighted by molar-refractivity contribution is -0.144. The van der Waals surface area contributed by atoms with E-state index in [-0.39, 0.29) is 61.0 Å². The summed E-state index contributed by atoms with van der Waals surface area (Å²) in [7, 11) is 0. The Balaban J connectivity index is 0.686. The first-order valence-electron chi connectivity index (χ1n) is 25.5. The number of carbonyl (C=O) groups excluding carboxylic acids is 3. The topological polar surface area (TPSA) is 222 Å². The van der Waals surface area contributed by atoms with Gasteiger partial charge in [0.25, 0.3) is 0 Å². The number of carbonyl (C=O) groups is 3. The molecule has 72 heavy (non-hydrogen) atoms. The first-order valence-corrected chi connectivity index (χ1v) is 26.4. The van der Waals surface area contributed by atoms with E-state index in [1.165, 1.54) is 4.90 Å². The van der Waals surface area contributed by atoms with Crippen LogP contribution >= 0.6 is 11.3 Å². The number of nitrogen functional groups attached to an aromatic ring is 1. The molecule has 5 atom stereocenters. The van der Waals surface area contributed by atoms with Crippen molar-refractivity contribution in [3.8, 4) is 27.4 Å². The average Bonchev–Trinajstić information content (AvgIpc) is 4.08. The number of hydrogen-bond acceptors (Lipinski definition) is 16. The number of piperazine rings is 2. The Bertz CT molecular complexity index is 2720. The Morgan fingerprint density at radius 3 is 2.17 bits per heavy atom. The molecule has 5 aromatic rings. The third-order valence-corrected chi connectivity index (χ3v) is 16.6. The molecule has 5 fully saturated rings. The van der Waals surface area contributed by atoms with Gasteiger partial charge in [0.1, 0.15) is 17.8 Å². The molecule has 2 unspecified atom stereocenters. The van der Waals surface area contributed by atoms with Crippen LogP contribution in [-0.2, 0) is 20.9 Å². The lowest BCUT2D eigenvalue weighted by Gasteiger charge is -2.43. The standard InChI is InChI=1S/C53H67N13O5S/c1-32-46(72-31-58-32)34-11-9-33(10-12-34)25-55-50(70)44-23-40(67)30-65(44)51(71)47(53(2,3)4)59-49(69)35-13-15-36(16-14-35)62-19-21-63(22-20-62)39-26-56-52(57-27-39)66-37-17-18-38(66)29-64(28-37)43-24-42(60-61-48(43)54)41-7-5-6-8-45(41)68/h5-12,24,26-27,31,35-38,40,44,47,67-68H,13-23,25,28-30H2,1-4H3,(H2,54,61)(H,55,70)(H,59,69)/t35?,36?,37?,38?,40-,44+,47-/m1/s1. The number of aryl methyl sites for hydroxylation is 1. The maximum Gasteiger partial charge on any atom is 0.246 e. The van der Waals surface area contributed by atoms with Gasteiger partial charge in [-0.3, -0.25) is 19.3 Å². The van der Waals surface area contributed by atoms with E-state index in [1.54, 1.807) is 23.5 Å². The molecule has 1 saturated carbocycles. The van der Waals surface area contributed by atoms with Crippen molar-refractivity contribution in [1.82, 2.24) is 45.6 Å². The Morgan fingerprint density at radius 1 is 0.833 bits per heavy atom. The van der Waals surface area contributed by atoms with Crippen molar-refractivity contribution in [2.45, 2.75) is 115 Å². The zero-order valence-corrected chi connectivity index (χ0v) is 42.5. The number of aromatic hydroxyl groups is 1. The molecule has 0 radical (unpaired) electrons. The fourth-order valence-corrected chi connectivity index (χ4v) is 12.4. The van der Waals surface area contributed by atoms with E-state index in [0.29, 0.717) is 23.1 Å². The quantitative estimate of drug-likeness (QED) is 0.111. The minimum Gasteiger partial charge on any atom is -0.507 e. The molecular formula is C53H67N13O5S. The number of nitrogens with one attached hydrogen (secondary N) is 2. The molecule has 18 nitrogen and oxygen atoms in total. The summed E-state index contributed by atoms with van der Waals surface area (Å²) < 4.78 is 0. The second-order valence-corrected chi connectivity index (χ2v) is 22.2. The summed E-state index contributed by atoms with van der Waals surface area (Å²) in [6.07, 6.45) is 8.54. The predicted octanol–water partition coefficient (Wildman–Crippen LogP) is 5.00. The summed E-state index contributed by atoms with van der Waals surface area (Å²) in [5.74, 6) is 0.260. The number of phenols is 1. The van der Waals surface area contributed by atoms with Crippen molar-refractivity contribution in [3.05, 3.63) is 83.8 Å². The number of nitrogens with zero attached hydrogens (tertiary/aromatic N) is 10. The van der Waals surface area contributed by atoms with Crippen molar-refractivity contribution in [2.75, 3.05) is 66.2 Å². The van der Waals surface area contributed by atoms with Crippen LogP contribution in [0.25, 0.3) is 21.7 Å². The summed E-state index contributed by atoms with van der Waals surface area (Å²) in [6, 6.07) is 16.1. The van der Waals surface area contributed by atoms with Gasteiger partial charge in [-0.1, -0.05) is 57.2 Å². The smallest absolute Gasteiger partial charge is 0.246 e. The number of amides is 3. The van der Waals surface area contributed by atoms with Crippen LogP contribution in [0.2, 0.25) is 0 Å².